The summed E-state index contributed by atoms with van der Waals surface area (Å²) < 4.78 is 35.5. The van der Waals surface area contributed by atoms with Gasteiger partial charge in [0.25, 0.3) is 5.69 Å². The van der Waals surface area contributed by atoms with Gasteiger partial charge in [-0.25, -0.2) is 8.42 Å². The molecular weight excluding hydrogens is 388 g/mol. The van der Waals surface area contributed by atoms with E-state index >= 15 is 0 Å². The molecule has 150 valence electrons. The van der Waals surface area contributed by atoms with Crippen LogP contribution in [0.1, 0.15) is 12.5 Å². The molecule has 0 aliphatic heterocycles. The number of amides is 1. The molecule has 2 rings (SSSR count). The van der Waals surface area contributed by atoms with Gasteiger partial charge in [0.15, 0.2) is 21.3 Å². The van der Waals surface area contributed by atoms with E-state index in [4.69, 9.17) is 9.47 Å². The van der Waals surface area contributed by atoms with Crippen molar-refractivity contribution in [1.29, 1.82) is 0 Å². The second kappa shape index (κ2) is 8.70. The van der Waals surface area contributed by atoms with E-state index in [9.17, 15) is 23.3 Å². The molecule has 9 nitrogen and oxygen atoms in total. The molecule has 0 fully saturated rings. The lowest BCUT2D eigenvalue weighted by atomic mass is 10.2. The lowest BCUT2D eigenvalue weighted by molar-refractivity contribution is -0.384. The molecule has 0 aliphatic rings. The molecule has 1 amide bonds. The third-order valence-corrected chi connectivity index (χ3v) is 6.20. The summed E-state index contributed by atoms with van der Waals surface area (Å²) in [5.74, 6) is 0.334. The van der Waals surface area contributed by atoms with Crippen LogP contribution in [0.3, 0.4) is 0 Å². The van der Waals surface area contributed by atoms with Gasteiger partial charge in [0.2, 0.25) is 5.91 Å². The van der Waals surface area contributed by atoms with Crippen LogP contribution >= 0.6 is 0 Å². The van der Waals surface area contributed by atoms with Crippen LogP contribution in [-0.4, -0.2) is 38.7 Å². The minimum absolute atomic E-state index is 0.0965. The Bertz CT molecular complexity index is 972. The highest BCUT2D eigenvalue weighted by molar-refractivity contribution is 7.92. The summed E-state index contributed by atoms with van der Waals surface area (Å²) in [5, 5.41) is 11.9. The van der Waals surface area contributed by atoms with Gasteiger partial charge >= 0.3 is 0 Å². The molecular formula is C18H20N2O7S. The summed E-state index contributed by atoms with van der Waals surface area (Å²) in [6.45, 7) is 1.36. The smallest absolute Gasteiger partial charge is 0.269 e. The zero-order chi connectivity index (χ0) is 20.9. The number of ether oxygens (including phenoxy) is 2. The first-order valence-electron chi connectivity index (χ1n) is 8.17. The number of rotatable bonds is 8. The lowest BCUT2D eigenvalue weighted by Gasteiger charge is -2.14. The minimum Gasteiger partial charge on any atom is -0.493 e. The predicted molar refractivity (Wildman–Crippen MR) is 101 cm³/mol. The summed E-state index contributed by atoms with van der Waals surface area (Å²) in [6.07, 6.45) is 0. The van der Waals surface area contributed by atoms with Gasteiger partial charge in [-0.2, -0.15) is 0 Å². The fraction of sp³-hybridized carbons (Fsp3) is 0.278. The van der Waals surface area contributed by atoms with Gasteiger partial charge < -0.3 is 14.8 Å². The molecule has 0 saturated heterocycles. The Morgan fingerprint density at radius 2 is 1.71 bits per heavy atom. The maximum Gasteiger partial charge on any atom is 0.269 e. The Morgan fingerprint density at radius 3 is 2.25 bits per heavy atom. The van der Waals surface area contributed by atoms with Crippen molar-refractivity contribution in [2.75, 3.05) is 14.2 Å². The summed E-state index contributed by atoms with van der Waals surface area (Å²) in [6, 6.07) is 9.47. The van der Waals surface area contributed by atoms with E-state index in [1.807, 2.05) is 0 Å². The quantitative estimate of drug-likeness (QED) is 0.524. The molecule has 28 heavy (non-hydrogen) atoms. The summed E-state index contributed by atoms with van der Waals surface area (Å²) in [7, 11) is -0.999. The van der Waals surface area contributed by atoms with Crippen molar-refractivity contribution in [3.05, 3.63) is 58.1 Å². The highest BCUT2D eigenvalue weighted by atomic mass is 32.2. The Morgan fingerprint density at radius 1 is 1.11 bits per heavy atom. The molecule has 2 aromatic rings. The van der Waals surface area contributed by atoms with Crippen LogP contribution in [0.4, 0.5) is 5.69 Å². The second-order valence-corrected chi connectivity index (χ2v) is 8.11. The average Bonchev–Trinajstić information content (AvgIpc) is 2.71. The number of carbonyl (C=O) groups excluding carboxylic acids is 1. The first-order valence-corrected chi connectivity index (χ1v) is 9.72. The first kappa shape index (κ1) is 21.2. The van der Waals surface area contributed by atoms with E-state index in [-0.39, 0.29) is 17.1 Å². The van der Waals surface area contributed by atoms with Crippen LogP contribution in [-0.2, 0) is 21.2 Å². The number of benzene rings is 2. The molecule has 0 aliphatic carbocycles. The van der Waals surface area contributed by atoms with E-state index in [2.05, 4.69) is 5.32 Å². The van der Waals surface area contributed by atoms with Gasteiger partial charge in [0.05, 0.1) is 24.0 Å². The van der Waals surface area contributed by atoms with Crippen molar-refractivity contribution in [2.24, 2.45) is 0 Å². The molecule has 0 unspecified atom stereocenters. The standard InChI is InChI=1S/C18H20N2O7S/c1-12(28(24,25)15-7-5-14(6-8-15)20(22)23)18(21)19-11-13-4-9-16(26-2)17(10-13)27-3/h4-10,12H,11H2,1-3H3,(H,19,21)/t12-/m0/s1. The van der Waals surface area contributed by atoms with E-state index in [1.54, 1.807) is 18.2 Å². The first-order chi connectivity index (χ1) is 13.2. The number of nitrogens with zero attached hydrogens (tertiary/aromatic N) is 1. The normalized spacial score (nSPS) is 12.1. The molecule has 1 atom stereocenters. The minimum atomic E-state index is -3.99. The Kier molecular flexibility index (Phi) is 6.57. The highest BCUT2D eigenvalue weighted by Gasteiger charge is 2.30. The molecule has 0 heterocycles. The molecule has 0 radical (unpaired) electrons. The Labute approximate surface area is 162 Å². The number of carbonyl (C=O) groups is 1. The van der Waals surface area contributed by atoms with Crippen LogP contribution in [0.15, 0.2) is 47.4 Å². The number of nitro benzene ring substituents is 1. The van der Waals surface area contributed by atoms with Crippen LogP contribution in [0.25, 0.3) is 0 Å². The number of sulfone groups is 1. The number of hydrogen-bond acceptors (Lipinski definition) is 7. The lowest BCUT2D eigenvalue weighted by Crippen LogP contribution is -2.37. The maximum absolute atomic E-state index is 12.6. The molecule has 0 aromatic heterocycles. The molecule has 0 saturated carbocycles. The zero-order valence-corrected chi connectivity index (χ0v) is 16.4. The third kappa shape index (κ3) is 4.58. The van der Waals surface area contributed by atoms with Crippen molar-refractivity contribution in [2.45, 2.75) is 23.6 Å². The summed E-state index contributed by atoms with van der Waals surface area (Å²) in [4.78, 5) is 22.2. The Balaban J connectivity index is 2.10. The molecule has 1 N–H and O–H groups in total. The number of nitrogens with one attached hydrogen (secondary N) is 1. The van der Waals surface area contributed by atoms with Crippen molar-refractivity contribution >= 4 is 21.4 Å². The van der Waals surface area contributed by atoms with Gasteiger partial charge in [-0.15, -0.1) is 0 Å². The molecule has 0 spiro atoms. The molecule has 10 heteroatoms. The highest BCUT2D eigenvalue weighted by Crippen LogP contribution is 2.27. The monoisotopic (exact) mass is 408 g/mol. The van der Waals surface area contributed by atoms with Crippen LogP contribution in [0, 0.1) is 10.1 Å². The van der Waals surface area contributed by atoms with Crippen molar-refractivity contribution in [3.63, 3.8) is 0 Å². The third-order valence-electron chi connectivity index (χ3n) is 4.13. The van der Waals surface area contributed by atoms with Crippen LogP contribution in [0.2, 0.25) is 0 Å². The molecule has 0 bridgehead atoms. The van der Waals surface area contributed by atoms with Crippen molar-refractivity contribution in [1.82, 2.24) is 5.32 Å². The van der Waals surface area contributed by atoms with E-state index in [0.29, 0.717) is 17.1 Å². The summed E-state index contributed by atoms with van der Waals surface area (Å²) >= 11 is 0. The topological polar surface area (TPSA) is 125 Å². The summed E-state index contributed by atoms with van der Waals surface area (Å²) in [5.41, 5.74) is 0.468. The van der Waals surface area contributed by atoms with E-state index < -0.39 is 25.9 Å². The SMILES string of the molecule is COc1ccc(CNC(=O)[C@H](C)S(=O)(=O)c2ccc([N+](=O)[O-])cc2)cc1OC. The van der Waals surface area contributed by atoms with Crippen molar-refractivity contribution in [3.8, 4) is 11.5 Å². The Hall–Kier alpha value is -3.14. The van der Waals surface area contributed by atoms with E-state index in [1.165, 1.54) is 21.1 Å². The molecule has 2 aromatic carbocycles. The largest absolute Gasteiger partial charge is 0.493 e. The number of nitro groups is 1. The fourth-order valence-electron chi connectivity index (χ4n) is 2.43. The maximum atomic E-state index is 12.6. The number of methoxy groups -OCH3 is 2. The van der Waals surface area contributed by atoms with Crippen LogP contribution < -0.4 is 14.8 Å². The fourth-order valence-corrected chi connectivity index (χ4v) is 3.71. The van der Waals surface area contributed by atoms with E-state index in [0.717, 1.165) is 24.3 Å². The second-order valence-electron chi connectivity index (χ2n) is 5.85. The van der Waals surface area contributed by atoms with Gasteiger partial charge in [0.1, 0.15) is 5.25 Å². The van der Waals surface area contributed by atoms with Crippen LogP contribution in [0.5, 0.6) is 11.5 Å². The zero-order valence-electron chi connectivity index (χ0n) is 15.5. The predicted octanol–water partition coefficient (Wildman–Crippen LogP) is 2.09. The van der Waals surface area contributed by atoms with Gasteiger partial charge in [-0.05, 0) is 36.8 Å². The number of non-ortho nitro benzene ring substituents is 1. The van der Waals surface area contributed by atoms with Gasteiger partial charge in [-0.3, -0.25) is 14.9 Å². The van der Waals surface area contributed by atoms with Gasteiger partial charge in [-0.1, -0.05) is 6.07 Å². The van der Waals surface area contributed by atoms with Gasteiger partial charge in [0, 0.05) is 18.7 Å². The van der Waals surface area contributed by atoms with Crippen molar-refractivity contribution < 1.29 is 27.6 Å². The number of hydrogen-bond donors (Lipinski definition) is 1. The average molecular weight is 408 g/mol.